The van der Waals surface area contributed by atoms with Gasteiger partial charge in [0, 0.05) is 31.1 Å². The van der Waals surface area contributed by atoms with Gasteiger partial charge in [0.2, 0.25) is 0 Å². The molecule has 1 aromatic heterocycles. The van der Waals surface area contributed by atoms with Gasteiger partial charge in [-0.2, -0.15) is 0 Å². The Balaban J connectivity index is 1.35. The molecule has 0 amide bonds. The molecule has 0 unspecified atom stereocenters. The summed E-state index contributed by atoms with van der Waals surface area (Å²) in [5.74, 6) is -0.809. The van der Waals surface area contributed by atoms with E-state index in [0.29, 0.717) is 22.7 Å². The predicted octanol–water partition coefficient (Wildman–Crippen LogP) is 4.73. The molecule has 0 bridgehead atoms. The van der Waals surface area contributed by atoms with Crippen LogP contribution in [0.25, 0.3) is 0 Å². The van der Waals surface area contributed by atoms with Crippen LogP contribution >= 0.6 is 0 Å². The molecule has 190 valence electrons. The number of ketones is 1. The molecule has 3 aromatic carbocycles. The van der Waals surface area contributed by atoms with Crippen LogP contribution in [0.5, 0.6) is 0 Å². The van der Waals surface area contributed by atoms with E-state index in [1.165, 1.54) is 22.7 Å². The average molecular weight is 504 g/mol. The highest BCUT2D eigenvalue weighted by Gasteiger charge is 2.47. The molecular formula is C32H29N3O3. The molecule has 2 aliphatic rings. The quantitative estimate of drug-likeness (QED) is 0.357. The van der Waals surface area contributed by atoms with Crippen molar-refractivity contribution in [3.8, 4) is 0 Å². The van der Waals surface area contributed by atoms with Crippen molar-refractivity contribution >= 4 is 17.3 Å². The molecule has 0 saturated carbocycles. The Kier molecular flexibility index (Phi) is 6.03. The van der Waals surface area contributed by atoms with Gasteiger partial charge in [0.05, 0.1) is 17.2 Å². The first kappa shape index (κ1) is 24.0. The summed E-state index contributed by atoms with van der Waals surface area (Å²) in [6.45, 7) is 0. The number of carbonyl (C=O) groups is 1. The normalized spacial score (nSPS) is 17.5. The maximum atomic E-state index is 13.7. The van der Waals surface area contributed by atoms with Crippen LogP contribution in [0.4, 0.5) is 5.82 Å². The molecule has 0 radical (unpaired) electrons. The summed E-state index contributed by atoms with van der Waals surface area (Å²) in [6.07, 6.45) is 4.22. The van der Waals surface area contributed by atoms with Gasteiger partial charge >= 0.3 is 5.69 Å². The third-order valence-corrected chi connectivity index (χ3v) is 7.95. The molecule has 0 N–H and O–H groups in total. The zero-order valence-corrected chi connectivity index (χ0v) is 21.6. The molecule has 6 nitrogen and oxygen atoms in total. The van der Waals surface area contributed by atoms with Gasteiger partial charge in [-0.3, -0.25) is 18.7 Å². The number of hydrogen-bond acceptors (Lipinski definition) is 4. The second-order valence-electron chi connectivity index (χ2n) is 10.2. The van der Waals surface area contributed by atoms with Gasteiger partial charge in [0.15, 0.2) is 5.78 Å². The van der Waals surface area contributed by atoms with E-state index in [2.05, 4.69) is 36.4 Å². The number of fused-ring (bicyclic) bond motifs is 4. The van der Waals surface area contributed by atoms with Crippen LogP contribution in [-0.2, 0) is 26.9 Å². The van der Waals surface area contributed by atoms with E-state index >= 15 is 0 Å². The summed E-state index contributed by atoms with van der Waals surface area (Å²) < 4.78 is 2.53. The number of hydrogen-bond donors (Lipinski definition) is 0. The lowest BCUT2D eigenvalue weighted by Gasteiger charge is -2.30. The molecule has 2 atom stereocenters. The fourth-order valence-electron chi connectivity index (χ4n) is 5.92. The fourth-order valence-corrected chi connectivity index (χ4v) is 5.92. The molecule has 4 aromatic rings. The molecule has 6 heteroatoms. The number of unbranched alkanes of at least 4 members (excludes halogenated alkanes) is 1. The number of carbonyl (C=O) groups excluding carboxylic acids is 1. The van der Waals surface area contributed by atoms with Crippen LogP contribution in [-0.4, -0.2) is 20.6 Å². The minimum atomic E-state index is -0.596. The van der Waals surface area contributed by atoms with E-state index in [9.17, 15) is 14.4 Å². The monoisotopic (exact) mass is 503 g/mol. The summed E-state index contributed by atoms with van der Waals surface area (Å²) >= 11 is 0. The number of aromatic nitrogens is 2. The van der Waals surface area contributed by atoms with E-state index < -0.39 is 23.1 Å². The van der Waals surface area contributed by atoms with Gasteiger partial charge in [-0.05, 0) is 42.4 Å². The summed E-state index contributed by atoms with van der Waals surface area (Å²) in [5, 5.41) is 0. The molecule has 38 heavy (non-hydrogen) atoms. The van der Waals surface area contributed by atoms with Crippen LogP contribution in [0, 0.1) is 5.92 Å². The van der Waals surface area contributed by atoms with Gasteiger partial charge in [-0.1, -0.05) is 78.9 Å². The second kappa shape index (κ2) is 9.53. The SMILES string of the molecule is Cn1c2c(c(=O)n(C)c1=O)[C@@H](c1ccc(CCCCc3ccccc3)cc1)[C@H]1C(=O)c3ccccc3C1=N2. The maximum Gasteiger partial charge on any atom is 0.332 e. The third kappa shape index (κ3) is 3.88. The number of benzene rings is 3. The number of Topliss-reactive ketones (excluding diaryl/α,β-unsaturated/α-hetero) is 1. The van der Waals surface area contributed by atoms with Crippen LogP contribution in [0.2, 0.25) is 0 Å². The van der Waals surface area contributed by atoms with E-state index in [0.717, 1.165) is 41.4 Å². The number of rotatable bonds is 6. The molecule has 1 aliphatic carbocycles. The van der Waals surface area contributed by atoms with Crippen LogP contribution in [0.3, 0.4) is 0 Å². The van der Waals surface area contributed by atoms with Gasteiger partial charge in [0.1, 0.15) is 5.82 Å². The topological polar surface area (TPSA) is 73.4 Å². The summed E-state index contributed by atoms with van der Waals surface area (Å²) in [7, 11) is 3.11. The molecule has 6 rings (SSSR count). The van der Waals surface area contributed by atoms with Crippen molar-refractivity contribution in [1.29, 1.82) is 0 Å². The Hall–Kier alpha value is -4.32. The number of aryl methyl sites for hydroxylation is 2. The summed E-state index contributed by atoms with van der Waals surface area (Å²) in [4.78, 5) is 44.7. The highest BCUT2D eigenvalue weighted by atomic mass is 16.2. The Morgan fingerprint density at radius 1 is 0.684 bits per heavy atom. The average Bonchev–Trinajstić information content (AvgIpc) is 3.24. The van der Waals surface area contributed by atoms with E-state index in [-0.39, 0.29) is 5.78 Å². The van der Waals surface area contributed by atoms with E-state index in [4.69, 9.17) is 4.99 Å². The second-order valence-corrected chi connectivity index (χ2v) is 10.2. The first-order valence-electron chi connectivity index (χ1n) is 13.1. The molecular weight excluding hydrogens is 474 g/mol. The maximum absolute atomic E-state index is 13.7. The standard InChI is InChI=1S/C32H29N3O3/c1-34-30-27(31(37)35(2)32(34)38)25(26-28(33-30)23-14-8-9-15-24(23)29(26)36)22-18-16-21(17-19-22)13-7-6-12-20-10-4-3-5-11-20/h3-5,8-11,14-19,25-26H,6-7,12-13H2,1-2H3/t25-,26+/m0/s1. The Morgan fingerprint density at radius 3 is 1.97 bits per heavy atom. The van der Waals surface area contributed by atoms with Gasteiger partial charge < -0.3 is 0 Å². The zero-order valence-electron chi connectivity index (χ0n) is 21.6. The lowest BCUT2D eigenvalue weighted by molar-refractivity contribution is 0.0953. The largest absolute Gasteiger partial charge is 0.332 e. The van der Waals surface area contributed by atoms with Crippen molar-refractivity contribution in [2.75, 3.05) is 0 Å². The van der Waals surface area contributed by atoms with E-state index in [1.807, 2.05) is 42.5 Å². The number of aliphatic imine (C=N–C) groups is 1. The van der Waals surface area contributed by atoms with Crippen molar-refractivity contribution < 1.29 is 4.79 Å². The zero-order chi connectivity index (χ0) is 26.4. The smallest absolute Gasteiger partial charge is 0.293 e. The highest BCUT2D eigenvalue weighted by Crippen LogP contribution is 2.46. The van der Waals surface area contributed by atoms with Crippen molar-refractivity contribution in [2.24, 2.45) is 25.0 Å². The molecule has 0 fully saturated rings. The van der Waals surface area contributed by atoms with Crippen LogP contribution in [0.1, 0.15) is 56.9 Å². The summed E-state index contributed by atoms with van der Waals surface area (Å²) in [6, 6.07) is 26.2. The van der Waals surface area contributed by atoms with Crippen molar-refractivity contribution in [1.82, 2.24) is 9.13 Å². The Morgan fingerprint density at radius 2 is 1.29 bits per heavy atom. The molecule has 1 aliphatic heterocycles. The van der Waals surface area contributed by atoms with Gasteiger partial charge in [-0.25, -0.2) is 9.79 Å². The summed E-state index contributed by atoms with van der Waals surface area (Å²) in [5.41, 5.74) is 5.07. The Bertz CT molecular complexity index is 1700. The van der Waals surface area contributed by atoms with Gasteiger partial charge in [0.25, 0.3) is 5.56 Å². The predicted molar refractivity (Wildman–Crippen MR) is 149 cm³/mol. The lowest BCUT2D eigenvalue weighted by Crippen LogP contribution is -2.43. The third-order valence-electron chi connectivity index (χ3n) is 7.95. The first-order valence-corrected chi connectivity index (χ1v) is 13.1. The van der Waals surface area contributed by atoms with Crippen LogP contribution in [0.15, 0.2) is 93.4 Å². The molecule has 0 spiro atoms. The first-order chi connectivity index (χ1) is 18.5. The minimum absolute atomic E-state index is 0.0316. The molecule has 2 heterocycles. The minimum Gasteiger partial charge on any atom is -0.293 e. The van der Waals surface area contributed by atoms with E-state index in [1.54, 1.807) is 7.05 Å². The fraction of sp³-hybridized carbons (Fsp3) is 0.250. The van der Waals surface area contributed by atoms with Crippen molar-refractivity contribution in [3.05, 3.63) is 133 Å². The lowest BCUT2D eigenvalue weighted by atomic mass is 9.76. The molecule has 0 saturated heterocycles. The highest BCUT2D eigenvalue weighted by molar-refractivity contribution is 6.30. The number of nitrogens with zero attached hydrogens (tertiary/aromatic N) is 3. The van der Waals surface area contributed by atoms with Gasteiger partial charge in [-0.15, -0.1) is 0 Å². The van der Waals surface area contributed by atoms with Crippen molar-refractivity contribution in [3.63, 3.8) is 0 Å². The van der Waals surface area contributed by atoms with Crippen LogP contribution < -0.4 is 11.2 Å². The Labute approximate surface area is 220 Å². The van der Waals surface area contributed by atoms with Crippen molar-refractivity contribution in [2.45, 2.75) is 31.6 Å².